The molecule has 6 heteroatoms. The Bertz CT molecular complexity index is 933. The van der Waals surface area contributed by atoms with E-state index in [0.717, 1.165) is 22.5 Å². The van der Waals surface area contributed by atoms with Crippen molar-refractivity contribution in [3.05, 3.63) is 58.8 Å². The molecular formula is C19H15NO5. The Labute approximate surface area is 144 Å². The maximum atomic E-state index is 12.4. The number of benzene rings is 2. The number of rotatable bonds is 2. The number of para-hydroxylation sites is 1. The lowest BCUT2D eigenvalue weighted by Gasteiger charge is -2.27. The summed E-state index contributed by atoms with van der Waals surface area (Å²) in [6.07, 6.45) is 0. The van der Waals surface area contributed by atoms with Gasteiger partial charge in [0.1, 0.15) is 6.61 Å². The largest absolute Gasteiger partial charge is 0.493 e. The Morgan fingerprint density at radius 1 is 1.16 bits per heavy atom. The molecule has 25 heavy (non-hydrogen) atoms. The minimum atomic E-state index is -0.293. The number of ether oxygens (including phenoxy) is 4. The highest BCUT2D eigenvalue weighted by Crippen LogP contribution is 2.49. The minimum absolute atomic E-state index is 0.161. The van der Waals surface area contributed by atoms with Crippen molar-refractivity contribution < 1.29 is 23.7 Å². The fourth-order valence-electron chi connectivity index (χ4n) is 3.66. The summed E-state index contributed by atoms with van der Waals surface area (Å²) >= 11 is 0. The average molecular weight is 337 g/mol. The van der Waals surface area contributed by atoms with Gasteiger partial charge in [-0.25, -0.2) is 4.79 Å². The van der Waals surface area contributed by atoms with E-state index in [1.165, 1.54) is 0 Å². The third-order valence-electron chi connectivity index (χ3n) is 4.75. The molecule has 0 saturated carbocycles. The van der Waals surface area contributed by atoms with E-state index in [4.69, 9.17) is 18.9 Å². The third-order valence-corrected chi connectivity index (χ3v) is 4.75. The molecule has 2 aromatic carbocycles. The standard InChI is InChI=1S/C19H15NO5/c1-22-14-6-10(7-15-18(14)25-9-24-15)16-11-4-2-3-5-12(11)20-13-8-23-19(21)17(13)16/h2-7,16,20H,8-9H2,1H3/t16-/m0/s1. The zero-order valence-corrected chi connectivity index (χ0v) is 13.5. The number of esters is 1. The molecular weight excluding hydrogens is 322 g/mol. The predicted molar refractivity (Wildman–Crippen MR) is 89.0 cm³/mol. The van der Waals surface area contributed by atoms with Crippen LogP contribution in [0.4, 0.5) is 5.69 Å². The highest BCUT2D eigenvalue weighted by molar-refractivity contribution is 5.97. The van der Waals surface area contributed by atoms with Crippen LogP contribution in [0.3, 0.4) is 0 Å². The van der Waals surface area contributed by atoms with Crippen LogP contribution in [0, 0.1) is 0 Å². The number of anilines is 1. The quantitative estimate of drug-likeness (QED) is 0.850. The first-order chi connectivity index (χ1) is 12.3. The molecule has 0 unspecified atom stereocenters. The Morgan fingerprint density at radius 2 is 2.04 bits per heavy atom. The van der Waals surface area contributed by atoms with Crippen molar-refractivity contribution >= 4 is 11.7 Å². The van der Waals surface area contributed by atoms with Crippen molar-refractivity contribution in [3.8, 4) is 17.2 Å². The van der Waals surface area contributed by atoms with Gasteiger partial charge in [0.25, 0.3) is 0 Å². The monoisotopic (exact) mass is 337 g/mol. The Balaban J connectivity index is 1.73. The first-order valence-electron chi connectivity index (χ1n) is 8.00. The van der Waals surface area contributed by atoms with Crippen molar-refractivity contribution in [2.45, 2.75) is 5.92 Å². The smallest absolute Gasteiger partial charge is 0.337 e. The predicted octanol–water partition coefficient (Wildman–Crippen LogP) is 2.79. The summed E-state index contributed by atoms with van der Waals surface area (Å²) in [4.78, 5) is 12.4. The van der Waals surface area contributed by atoms with Gasteiger partial charge in [-0.15, -0.1) is 0 Å². The van der Waals surface area contributed by atoms with Gasteiger partial charge < -0.3 is 24.3 Å². The number of fused-ring (bicyclic) bond motifs is 2. The molecule has 0 saturated heterocycles. The molecule has 1 atom stereocenters. The number of hydrogen-bond acceptors (Lipinski definition) is 6. The molecule has 0 spiro atoms. The van der Waals surface area contributed by atoms with E-state index >= 15 is 0 Å². The normalized spacial score (nSPS) is 19.9. The van der Waals surface area contributed by atoms with Crippen LogP contribution < -0.4 is 19.5 Å². The number of carbonyl (C=O) groups is 1. The van der Waals surface area contributed by atoms with Crippen LogP contribution in [0.25, 0.3) is 0 Å². The van der Waals surface area contributed by atoms with Crippen LogP contribution in [-0.4, -0.2) is 26.5 Å². The van der Waals surface area contributed by atoms with E-state index in [9.17, 15) is 4.79 Å². The first-order valence-corrected chi connectivity index (χ1v) is 8.00. The SMILES string of the molecule is COc1cc([C@@H]2C3=C(COC3=O)Nc3ccccc32)cc2c1OCO2. The second kappa shape index (κ2) is 5.17. The molecule has 0 aromatic heterocycles. The summed E-state index contributed by atoms with van der Waals surface area (Å²) in [5, 5.41) is 3.32. The number of carbonyl (C=O) groups excluding carboxylic acids is 1. The lowest BCUT2D eigenvalue weighted by molar-refractivity contribution is -0.136. The summed E-state index contributed by atoms with van der Waals surface area (Å²) in [5.74, 6) is 1.27. The van der Waals surface area contributed by atoms with E-state index in [2.05, 4.69) is 5.32 Å². The highest BCUT2D eigenvalue weighted by atomic mass is 16.7. The van der Waals surface area contributed by atoms with E-state index in [1.807, 2.05) is 36.4 Å². The summed E-state index contributed by atoms with van der Waals surface area (Å²) in [7, 11) is 1.59. The van der Waals surface area contributed by atoms with Gasteiger partial charge in [0, 0.05) is 11.6 Å². The zero-order valence-electron chi connectivity index (χ0n) is 13.5. The number of hydrogen-bond donors (Lipinski definition) is 1. The summed E-state index contributed by atoms with van der Waals surface area (Å²) in [6, 6.07) is 11.7. The Morgan fingerprint density at radius 3 is 2.92 bits per heavy atom. The lowest BCUT2D eigenvalue weighted by atomic mass is 9.81. The van der Waals surface area contributed by atoms with E-state index < -0.39 is 0 Å². The molecule has 0 radical (unpaired) electrons. The van der Waals surface area contributed by atoms with Crippen molar-refractivity contribution in [1.82, 2.24) is 0 Å². The topological polar surface area (TPSA) is 66.0 Å². The fourth-order valence-corrected chi connectivity index (χ4v) is 3.66. The van der Waals surface area contributed by atoms with Gasteiger partial charge in [-0.05, 0) is 29.3 Å². The molecule has 0 amide bonds. The average Bonchev–Trinajstić information content (AvgIpc) is 3.26. The molecule has 5 rings (SSSR count). The van der Waals surface area contributed by atoms with Crippen LogP contribution in [0.5, 0.6) is 17.2 Å². The first kappa shape index (κ1) is 14.2. The summed E-state index contributed by atoms with van der Waals surface area (Å²) < 4.78 is 21.8. The van der Waals surface area contributed by atoms with Gasteiger partial charge in [0.15, 0.2) is 11.5 Å². The number of methoxy groups -OCH3 is 1. The minimum Gasteiger partial charge on any atom is -0.493 e. The van der Waals surface area contributed by atoms with Crippen LogP contribution in [-0.2, 0) is 9.53 Å². The highest BCUT2D eigenvalue weighted by Gasteiger charge is 2.39. The van der Waals surface area contributed by atoms with E-state index in [-0.39, 0.29) is 25.3 Å². The molecule has 0 aliphatic carbocycles. The van der Waals surface area contributed by atoms with Gasteiger partial charge >= 0.3 is 5.97 Å². The molecule has 3 aliphatic rings. The van der Waals surface area contributed by atoms with Gasteiger partial charge in [-0.3, -0.25) is 0 Å². The molecule has 6 nitrogen and oxygen atoms in total. The van der Waals surface area contributed by atoms with E-state index in [0.29, 0.717) is 22.8 Å². The lowest BCUT2D eigenvalue weighted by Crippen LogP contribution is -2.19. The molecule has 1 N–H and O–H groups in total. The third kappa shape index (κ3) is 2.00. The van der Waals surface area contributed by atoms with Crippen molar-refractivity contribution in [2.24, 2.45) is 0 Å². The van der Waals surface area contributed by atoms with Crippen molar-refractivity contribution in [2.75, 3.05) is 25.8 Å². The molecule has 3 heterocycles. The molecule has 2 aromatic rings. The van der Waals surface area contributed by atoms with Gasteiger partial charge in [-0.2, -0.15) is 0 Å². The second-order valence-electron chi connectivity index (χ2n) is 6.07. The van der Waals surface area contributed by atoms with Gasteiger partial charge in [0.2, 0.25) is 12.5 Å². The summed E-state index contributed by atoms with van der Waals surface area (Å²) in [6.45, 7) is 0.425. The Kier molecular flexibility index (Phi) is 2.94. The van der Waals surface area contributed by atoms with Crippen LogP contribution in [0.1, 0.15) is 17.0 Å². The number of nitrogens with one attached hydrogen (secondary N) is 1. The van der Waals surface area contributed by atoms with Gasteiger partial charge in [0.05, 0.1) is 18.4 Å². The molecule has 126 valence electrons. The van der Waals surface area contributed by atoms with Crippen LogP contribution in [0.2, 0.25) is 0 Å². The van der Waals surface area contributed by atoms with Crippen molar-refractivity contribution in [1.29, 1.82) is 0 Å². The Hall–Kier alpha value is -3.15. The fraction of sp³-hybridized carbons (Fsp3) is 0.211. The summed E-state index contributed by atoms with van der Waals surface area (Å²) in [5.41, 5.74) is 4.34. The number of cyclic esters (lactones) is 1. The second-order valence-corrected chi connectivity index (χ2v) is 6.07. The van der Waals surface area contributed by atoms with Crippen LogP contribution >= 0.6 is 0 Å². The van der Waals surface area contributed by atoms with Gasteiger partial charge in [-0.1, -0.05) is 18.2 Å². The van der Waals surface area contributed by atoms with Crippen molar-refractivity contribution in [3.63, 3.8) is 0 Å². The van der Waals surface area contributed by atoms with Crippen LogP contribution in [0.15, 0.2) is 47.7 Å². The zero-order chi connectivity index (χ0) is 17.0. The van der Waals surface area contributed by atoms with E-state index in [1.54, 1.807) is 7.11 Å². The molecule has 3 aliphatic heterocycles. The molecule has 0 bridgehead atoms. The maximum Gasteiger partial charge on any atom is 0.337 e. The maximum absolute atomic E-state index is 12.4. The molecule has 0 fully saturated rings.